The Morgan fingerprint density at radius 2 is 1.77 bits per heavy atom. The van der Waals surface area contributed by atoms with Gasteiger partial charge >= 0.3 is 18.0 Å². The van der Waals surface area contributed by atoms with Gasteiger partial charge in [0.05, 0.1) is 37.4 Å². The van der Waals surface area contributed by atoms with Gasteiger partial charge < -0.3 is 24.8 Å². The first-order valence-corrected chi connectivity index (χ1v) is 9.80. The topological polar surface area (TPSA) is 120 Å². The Labute approximate surface area is 174 Å². The molecule has 0 aromatic heterocycles. The molecule has 30 heavy (non-hydrogen) atoms. The smallest absolute Gasteiger partial charge is 0.337 e. The van der Waals surface area contributed by atoms with Gasteiger partial charge in [-0.25, -0.2) is 9.59 Å². The average molecular weight is 418 g/mol. The van der Waals surface area contributed by atoms with Crippen molar-refractivity contribution in [1.29, 1.82) is 0 Å². The summed E-state index contributed by atoms with van der Waals surface area (Å²) in [6.07, 6.45) is 0.744. The highest BCUT2D eigenvalue weighted by atomic mass is 16.5. The summed E-state index contributed by atoms with van der Waals surface area (Å²) in [5.41, 5.74) is 0.829. The lowest BCUT2D eigenvalue weighted by molar-refractivity contribution is -0.143. The van der Waals surface area contributed by atoms with Gasteiger partial charge in [0, 0.05) is 12.0 Å². The van der Waals surface area contributed by atoms with Crippen molar-refractivity contribution in [1.82, 2.24) is 10.6 Å². The first-order chi connectivity index (χ1) is 14.4. The number of hydrogen-bond acceptors (Lipinski definition) is 7. The van der Waals surface area contributed by atoms with Gasteiger partial charge in [-0.15, -0.1) is 0 Å². The van der Waals surface area contributed by atoms with E-state index in [0.29, 0.717) is 17.9 Å². The fraction of sp³-hybridized carbons (Fsp3) is 0.429. The maximum absolute atomic E-state index is 12.3. The standard InChI is InChI=1S/C21H26N2O7/c1-3-11-29-15-7-5-14(6-8-15)18(24)9-10-19(25)30-13-17-16(20(26)28-4-2)12-22-21(27)23-17/h5-8H,3-4,9-13H2,1-2H3,(H2,22,23,27). The first-order valence-electron chi connectivity index (χ1n) is 9.80. The number of amides is 2. The van der Waals surface area contributed by atoms with Gasteiger partial charge in [-0.1, -0.05) is 6.92 Å². The first kappa shape index (κ1) is 22.9. The monoisotopic (exact) mass is 418 g/mol. The number of nitrogens with one attached hydrogen (secondary N) is 2. The van der Waals surface area contributed by atoms with Crippen molar-refractivity contribution >= 4 is 23.8 Å². The molecule has 0 saturated heterocycles. The van der Waals surface area contributed by atoms with Crippen LogP contribution in [0.15, 0.2) is 35.5 Å². The van der Waals surface area contributed by atoms with Crippen LogP contribution in [-0.2, 0) is 19.1 Å². The van der Waals surface area contributed by atoms with Crippen LogP contribution in [0.1, 0.15) is 43.5 Å². The summed E-state index contributed by atoms with van der Waals surface area (Å²) in [4.78, 5) is 47.7. The van der Waals surface area contributed by atoms with Gasteiger partial charge in [-0.2, -0.15) is 0 Å². The van der Waals surface area contributed by atoms with Gasteiger partial charge in [-0.3, -0.25) is 9.59 Å². The molecule has 0 atom stereocenters. The van der Waals surface area contributed by atoms with Gasteiger partial charge in [-0.05, 0) is 37.6 Å². The molecule has 9 heteroatoms. The molecule has 0 radical (unpaired) electrons. The molecular weight excluding hydrogens is 392 g/mol. The third-order valence-electron chi connectivity index (χ3n) is 4.16. The molecule has 1 aromatic carbocycles. The molecule has 0 saturated carbocycles. The number of carbonyl (C=O) groups is 4. The molecule has 1 aromatic rings. The third-order valence-corrected chi connectivity index (χ3v) is 4.16. The predicted molar refractivity (Wildman–Crippen MR) is 107 cm³/mol. The minimum absolute atomic E-state index is 0.0198. The van der Waals surface area contributed by atoms with E-state index in [9.17, 15) is 19.2 Å². The highest BCUT2D eigenvalue weighted by Crippen LogP contribution is 2.15. The summed E-state index contributed by atoms with van der Waals surface area (Å²) in [6.45, 7) is 4.13. The number of urea groups is 1. The zero-order valence-corrected chi connectivity index (χ0v) is 17.1. The molecule has 2 amide bonds. The van der Waals surface area contributed by atoms with E-state index in [1.54, 1.807) is 31.2 Å². The fourth-order valence-electron chi connectivity index (χ4n) is 2.61. The van der Waals surface area contributed by atoms with Gasteiger partial charge in [0.15, 0.2) is 5.78 Å². The summed E-state index contributed by atoms with van der Waals surface area (Å²) < 4.78 is 15.5. The van der Waals surface area contributed by atoms with Crippen LogP contribution in [0.4, 0.5) is 4.79 Å². The Bertz CT molecular complexity index is 815. The second kappa shape index (κ2) is 11.6. The molecule has 1 heterocycles. The molecule has 162 valence electrons. The quantitative estimate of drug-likeness (QED) is 0.417. The molecule has 0 bridgehead atoms. The van der Waals surface area contributed by atoms with Crippen molar-refractivity contribution in [2.75, 3.05) is 26.4 Å². The number of esters is 2. The molecular formula is C21H26N2O7. The van der Waals surface area contributed by atoms with Crippen LogP contribution in [0.25, 0.3) is 0 Å². The zero-order valence-electron chi connectivity index (χ0n) is 17.1. The van der Waals surface area contributed by atoms with E-state index in [1.165, 1.54) is 0 Å². The van der Waals surface area contributed by atoms with Crippen LogP contribution in [0.5, 0.6) is 5.75 Å². The Kier molecular flexibility index (Phi) is 8.86. The number of ketones is 1. The van der Waals surface area contributed by atoms with E-state index in [-0.39, 0.29) is 49.7 Å². The normalized spacial score (nSPS) is 13.2. The maximum Gasteiger partial charge on any atom is 0.337 e. The van der Waals surface area contributed by atoms with E-state index in [4.69, 9.17) is 14.2 Å². The van der Waals surface area contributed by atoms with Crippen LogP contribution >= 0.6 is 0 Å². The lowest BCUT2D eigenvalue weighted by Crippen LogP contribution is -2.45. The molecule has 0 fully saturated rings. The third kappa shape index (κ3) is 6.91. The second-order valence-electron chi connectivity index (χ2n) is 6.44. The van der Waals surface area contributed by atoms with E-state index in [0.717, 1.165) is 6.42 Å². The molecule has 9 nitrogen and oxygen atoms in total. The van der Waals surface area contributed by atoms with Crippen molar-refractivity contribution in [2.45, 2.75) is 33.1 Å². The number of ether oxygens (including phenoxy) is 3. The summed E-state index contributed by atoms with van der Waals surface area (Å²) in [7, 11) is 0. The highest BCUT2D eigenvalue weighted by Gasteiger charge is 2.24. The van der Waals surface area contributed by atoms with Crippen molar-refractivity contribution in [3.05, 3.63) is 41.1 Å². The van der Waals surface area contributed by atoms with E-state index in [2.05, 4.69) is 10.6 Å². The Morgan fingerprint density at radius 3 is 2.43 bits per heavy atom. The predicted octanol–water partition coefficient (Wildman–Crippen LogP) is 2.11. The highest BCUT2D eigenvalue weighted by molar-refractivity contribution is 5.97. The second-order valence-corrected chi connectivity index (χ2v) is 6.44. The molecule has 1 aliphatic rings. The summed E-state index contributed by atoms with van der Waals surface area (Å²) in [5.74, 6) is -0.731. The zero-order chi connectivity index (χ0) is 21.9. The Morgan fingerprint density at radius 1 is 1.03 bits per heavy atom. The van der Waals surface area contributed by atoms with Crippen LogP contribution in [0.3, 0.4) is 0 Å². The van der Waals surface area contributed by atoms with Crippen LogP contribution in [0, 0.1) is 0 Å². The minimum atomic E-state index is -0.616. The van der Waals surface area contributed by atoms with Crippen molar-refractivity contribution in [2.24, 2.45) is 0 Å². The lowest BCUT2D eigenvalue weighted by Gasteiger charge is -2.21. The van der Waals surface area contributed by atoms with Crippen LogP contribution in [0.2, 0.25) is 0 Å². The maximum atomic E-state index is 12.3. The van der Waals surface area contributed by atoms with Gasteiger partial charge in [0.25, 0.3) is 0 Å². The Balaban J connectivity index is 1.85. The molecule has 2 rings (SSSR count). The SMILES string of the molecule is CCCOc1ccc(C(=O)CCC(=O)OCC2=C(C(=O)OCC)CNC(=O)N2)cc1. The molecule has 0 aliphatic carbocycles. The van der Waals surface area contributed by atoms with E-state index < -0.39 is 18.0 Å². The fourth-order valence-corrected chi connectivity index (χ4v) is 2.61. The molecule has 0 unspecified atom stereocenters. The van der Waals surface area contributed by atoms with Crippen molar-refractivity contribution < 1.29 is 33.4 Å². The minimum Gasteiger partial charge on any atom is -0.494 e. The molecule has 0 spiro atoms. The number of benzene rings is 1. The van der Waals surface area contributed by atoms with E-state index in [1.807, 2.05) is 6.92 Å². The van der Waals surface area contributed by atoms with Crippen LogP contribution < -0.4 is 15.4 Å². The summed E-state index contributed by atoms with van der Waals surface area (Å²) >= 11 is 0. The average Bonchev–Trinajstić information content (AvgIpc) is 2.75. The Hall–Kier alpha value is -3.36. The number of carbonyl (C=O) groups excluding carboxylic acids is 4. The van der Waals surface area contributed by atoms with Gasteiger partial charge in [0.1, 0.15) is 12.4 Å². The molecule has 1 aliphatic heterocycles. The van der Waals surface area contributed by atoms with Crippen molar-refractivity contribution in [3.8, 4) is 5.75 Å². The molecule has 2 N–H and O–H groups in total. The van der Waals surface area contributed by atoms with Gasteiger partial charge in [0.2, 0.25) is 0 Å². The summed E-state index contributed by atoms with van der Waals surface area (Å²) in [6, 6.07) is 6.23. The van der Waals surface area contributed by atoms with E-state index >= 15 is 0 Å². The number of rotatable bonds is 11. The largest absolute Gasteiger partial charge is 0.494 e. The number of Topliss-reactive ketones (excluding diaryl/α,β-unsaturated/α-hetero) is 1. The number of hydrogen-bond donors (Lipinski definition) is 2. The lowest BCUT2D eigenvalue weighted by atomic mass is 10.1. The summed E-state index contributed by atoms with van der Waals surface area (Å²) in [5, 5.41) is 4.90. The van der Waals surface area contributed by atoms with Crippen LogP contribution in [-0.4, -0.2) is 50.1 Å². The van der Waals surface area contributed by atoms with Crippen molar-refractivity contribution in [3.63, 3.8) is 0 Å².